The summed E-state index contributed by atoms with van der Waals surface area (Å²) in [5.41, 5.74) is -3.64. The van der Waals surface area contributed by atoms with Gasteiger partial charge in [0.05, 0.1) is 12.0 Å². The normalized spacial score (nSPS) is 28.7. The third-order valence-corrected chi connectivity index (χ3v) is 3.47. The molecule has 120 valence electrons. The summed E-state index contributed by atoms with van der Waals surface area (Å²) >= 11 is 0. The van der Waals surface area contributed by atoms with E-state index in [9.17, 15) is 32.3 Å². The molecule has 0 unspecified atom stereocenters. The second kappa shape index (κ2) is 5.24. The van der Waals surface area contributed by atoms with Gasteiger partial charge in [-0.1, -0.05) is 12.1 Å². The topological polar surface area (TPSA) is 78.4 Å². The highest BCUT2D eigenvalue weighted by Gasteiger charge is 2.65. The predicted molar refractivity (Wildman–Crippen MR) is 66.0 cm³/mol. The largest absolute Gasteiger partial charge is 0.437 e. The first-order valence-corrected chi connectivity index (χ1v) is 6.20. The van der Waals surface area contributed by atoms with E-state index in [0.29, 0.717) is 0 Å². The van der Waals surface area contributed by atoms with Crippen LogP contribution in [-0.2, 0) is 4.79 Å². The zero-order valence-electron chi connectivity index (χ0n) is 11.2. The van der Waals surface area contributed by atoms with E-state index in [1.165, 1.54) is 5.32 Å². The molecule has 2 rings (SSSR count). The van der Waals surface area contributed by atoms with Crippen LogP contribution in [0, 0.1) is 11.7 Å². The Morgan fingerprint density at radius 3 is 2.27 bits per heavy atom. The van der Waals surface area contributed by atoms with Crippen LogP contribution in [0.1, 0.15) is 18.5 Å². The number of hydrogen-bond donors (Lipinski definition) is 3. The van der Waals surface area contributed by atoms with Crippen LogP contribution >= 0.6 is 0 Å². The number of amides is 2. The smallest absolute Gasteiger partial charge is 0.363 e. The zero-order chi connectivity index (χ0) is 16.7. The van der Waals surface area contributed by atoms with Crippen LogP contribution in [0.25, 0.3) is 0 Å². The van der Waals surface area contributed by atoms with Crippen LogP contribution in [0.5, 0.6) is 0 Å². The van der Waals surface area contributed by atoms with E-state index < -0.39 is 41.5 Å². The third kappa shape index (κ3) is 2.63. The molecule has 3 N–H and O–H groups in total. The van der Waals surface area contributed by atoms with Gasteiger partial charge in [-0.3, -0.25) is 4.79 Å². The average Bonchev–Trinajstić information content (AvgIpc) is 2.36. The fourth-order valence-corrected chi connectivity index (χ4v) is 2.47. The van der Waals surface area contributed by atoms with Crippen molar-refractivity contribution in [1.29, 1.82) is 0 Å². The minimum Gasteiger partial charge on any atom is -0.363 e. The Morgan fingerprint density at radius 2 is 1.82 bits per heavy atom. The van der Waals surface area contributed by atoms with Crippen molar-refractivity contribution < 1.29 is 32.3 Å². The number of Topliss-reactive ketones (excluding diaryl/α,β-unsaturated/α-hetero) is 1. The van der Waals surface area contributed by atoms with Gasteiger partial charge in [0.1, 0.15) is 11.6 Å². The van der Waals surface area contributed by atoms with Crippen molar-refractivity contribution in [3.8, 4) is 0 Å². The number of aliphatic hydroxyl groups is 1. The molecule has 1 saturated heterocycles. The summed E-state index contributed by atoms with van der Waals surface area (Å²) in [5.74, 6) is -3.63. The number of benzene rings is 1. The van der Waals surface area contributed by atoms with Gasteiger partial charge < -0.3 is 15.7 Å². The Morgan fingerprint density at radius 1 is 1.27 bits per heavy atom. The minimum absolute atomic E-state index is 0.0686. The number of hydrogen-bond acceptors (Lipinski definition) is 3. The van der Waals surface area contributed by atoms with Crippen LogP contribution < -0.4 is 10.6 Å². The number of ketones is 1. The first-order valence-electron chi connectivity index (χ1n) is 6.20. The number of nitrogens with one attached hydrogen (secondary N) is 2. The average molecular weight is 320 g/mol. The van der Waals surface area contributed by atoms with E-state index in [2.05, 4.69) is 5.32 Å². The molecule has 1 aliphatic rings. The molecule has 0 radical (unpaired) electrons. The summed E-state index contributed by atoms with van der Waals surface area (Å²) in [6.45, 7) is 0.872. The Balaban J connectivity index is 2.54. The Bertz CT molecular complexity index is 602. The highest BCUT2D eigenvalue weighted by atomic mass is 19.4. The lowest BCUT2D eigenvalue weighted by Crippen LogP contribution is -2.72. The van der Waals surface area contributed by atoms with Crippen LogP contribution in [0.3, 0.4) is 0 Å². The molecule has 1 aromatic carbocycles. The van der Waals surface area contributed by atoms with Gasteiger partial charge in [-0.05, 0) is 24.6 Å². The highest BCUT2D eigenvalue weighted by Crippen LogP contribution is 2.42. The summed E-state index contributed by atoms with van der Waals surface area (Å²) in [6.07, 6.45) is -5.26. The Hall–Kier alpha value is -2.16. The first kappa shape index (κ1) is 16.2. The predicted octanol–water partition coefficient (Wildman–Crippen LogP) is 1.64. The number of carbonyl (C=O) groups excluding carboxylic acids is 2. The van der Waals surface area contributed by atoms with Crippen molar-refractivity contribution in [3.63, 3.8) is 0 Å². The molecule has 1 heterocycles. The Labute approximate surface area is 122 Å². The van der Waals surface area contributed by atoms with Gasteiger partial charge in [0.25, 0.3) is 0 Å². The van der Waals surface area contributed by atoms with E-state index in [1.807, 2.05) is 0 Å². The molecule has 1 fully saturated rings. The molecule has 22 heavy (non-hydrogen) atoms. The van der Waals surface area contributed by atoms with E-state index in [1.54, 1.807) is 0 Å². The van der Waals surface area contributed by atoms with Gasteiger partial charge in [-0.25, -0.2) is 9.18 Å². The standard InChI is InChI=1S/C13H12F4N2O3/c1-6(20)9-10(7-2-4-8(14)5-3-7)18-11(21)19-12(9,22)13(15,16)17/h2-5,9-10,22H,1H3,(H2,18,19,21)/t9-,10+,12-/m1/s1. The second-order valence-electron chi connectivity index (χ2n) is 4.98. The summed E-state index contributed by atoms with van der Waals surface area (Å²) in [5, 5.41) is 13.4. The van der Waals surface area contributed by atoms with E-state index >= 15 is 0 Å². The van der Waals surface area contributed by atoms with Crippen LogP contribution in [0.15, 0.2) is 24.3 Å². The molecular formula is C13H12F4N2O3. The first-order chi connectivity index (χ1) is 10.1. The molecule has 0 aromatic heterocycles. The van der Waals surface area contributed by atoms with Crippen molar-refractivity contribution in [1.82, 2.24) is 10.6 Å². The molecule has 0 saturated carbocycles. The summed E-state index contributed by atoms with van der Waals surface area (Å²) < 4.78 is 52.4. The van der Waals surface area contributed by atoms with Crippen molar-refractivity contribution in [3.05, 3.63) is 35.6 Å². The SMILES string of the molecule is CC(=O)[C@@H]1[C@H](c2ccc(F)cc2)NC(=O)N[C@]1(O)C(F)(F)F. The quantitative estimate of drug-likeness (QED) is 0.725. The molecule has 9 heteroatoms. The molecule has 3 atom stereocenters. The fourth-order valence-electron chi connectivity index (χ4n) is 2.47. The maximum absolute atomic E-state index is 13.2. The molecule has 0 aliphatic carbocycles. The zero-order valence-corrected chi connectivity index (χ0v) is 11.2. The molecule has 1 aromatic rings. The van der Waals surface area contributed by atoms with Crippen molar-refractivity contribution in [2.45, 2.75) is 24.9 Å². The van der Waals surface area contributed by atoms with E-state index in [4.69, 9.17) is 0 Å². The molecule has 2 amide bonds. The van der Waals surface area contributed by atoms with Crippen LogP contribution in [0.2, 0.25) is 0 Å². The molecule has 5 nitrogen and oxygen atoms in total. The fraction of sp³-hybridized carbons (Fsp3) is 0.385. The molecule has 0 spiro atoms. The van der Waals surface area contributed by atoms with Crippen LogP contribution in [-0.4, -0.2) is 28.8 Å². The van der Waals surface area contributed by atoms with E-state index in [-0.39, 0.29) is 5.56 Å². The summed E-state index contributed by atoms with van der Waals surface area (Å²) in [6, 6.07) is 1.50. The molecular weight excluding hydrogens is 308 g/mol. The summed E-state index contributed by atoms with van der Waals surface area (Å²) in [4.78, 5) is 23.2. The second-order valence-corrected chi connectivity index (χ2v) is 4.98. The third-order valence-electron chi connectivity index (χ3n) is 3.47. The maximum Gasteiger partial charge on any atom is 0.437 e. The lowest BCUT2D eigenvalue weighted by atomic mass is 9.79. The number of urea groups is 1. The lowest BCUT2D eigenvalue weighted by molar-refractivity contribution is -0.290. The highest BCUT2D eigenvalue weighted by molar-refractivity contribution is 5.86. The van der Waals surface area contributed by atoms with Gasteiger partial charge >= 0.3 is 12.2 Å². The van der Waals surface area contributed by atoms with E-state index in [0.717, 1.165) is 31.2 Å². The summed E-state index contributed by atoms with van der Waals surface area (Å²) in [7, 11) is 0. The Kier molecular flexibility index (Phi) is 3.86. The number of carbonyl (C=O) groups is 2. The maximum atomic E-state index is 13.2. The number of alkyl halides is 3. The minimum atomic E-state index is -5.26. The number of rotatable bonds is 2. The van der Waals surface area contributed by atoms with Gasteiger partial charge in [-0.15, -0.1) is 0 Å². The van der Waals surface area contributed by atoms with Crippen LogP contribution in [0.4, 0.5) is 22.4 Å². The molecule has 0 bridgehead atoms. The van der Waals surface area contributed by atoms with Crippen molar-refractivity contribution in [2.24, 2.45) is 5.92 Å². The van der Waals surface area contributed by atoms with Crippen molar-refractivity contribution in [2.75, 3.05) is 0 Å². The van der Waals surface area contributed by atoms with Gasteiger partial charge in [-0.2, -0.15) is 13.2 Å². The lowest BCUT2D eigenvalue weighted by Gasteiger charge is -2.44. The molecule has 1 aliphatic heterocycles. The van der Waals surface area contributed by atoms with Gasteiger partial charge in [0.15, 0.2) is 0 Å². The van der Waals surface area contributed by atoms with Gasteiger partial charge in [0, 0.05) is 0 Å². The van der Waals surface area contributed by atoms with Crippen molar-refractivity contribution >= 4 is 11.8 Å². The monoisotopic (exact) mass is 320 g/mol. The van der Waals surface area contributed by atoms with Gasteiger partial charge in [0.2, 0.25) is 5.72 Å². The number of halogens is 4.